The minimum Gasteiger partial charge on any atom is -0.369 e. The number of alkyl halides is 3. The lowest BCUT2D eigenvalue weighted by Crippen LogP contribution is -2.22. The van der Waals surface area contributed by atoms with Crippen LogP contribution in [0.25, 0.3) is 0 Å². The molecular formula is C13H17F3N2O2. The van der Waals surface area contributed by atoms with Crippen LogP contribution in [-0.4, -0.2) is 18.6 Å². The van der Waals surface area contributed by atoms with Crippen molar-refractivity contribution in [1.29, 1.82) is 0 Å². The second kappa shape index (κ2) is 6.71. The molecular weight excluding hydrogens is 273 g/mol. The lowest BCUT2D eigenvalue weighted by Gasteiger charge is -2.15. The number of benzene rings is 1. The number of carbonyl (C=O) groups excluding carboxylic acids is 1. The average molecular weight is 290 g/mol. The van der Waals surface area contributed by atoms with E-state index in [0.717, 1.165) is 6.07 Å². The highest BCUT2D eigenvalue weighted by Gasteiger charge is 2.34. The van der Waals surface area contributed by atoms with Crippen LogP contribution in [0.2, 0.25) is 0 Å². The summed E-state index contributed by atoms with van der Waals surface area (Å²) in [5, 5.41) is 2.20. The summed E-state index contributed by atoms with van der Waals surface area (Å²) in [7, 11) is 0. The summed E-state index contributed by atoms with van der Waals surface area (Å²) < 4.78 is 43.8. The molecule has 0 aliphatic heterocycles. The third kappa shape index (κ3) is 4.82. The van der Waals surface area contributed by atoms with Crippen LogP contribution >= 0.6 is 0 Å². The number of nitrogens with two attached hydrogens (primary N) is 1. The van der Waals surface area contributed by atoms with E-state index in [2.05, 4.69) is 5.32 Å². The number of amides is 1. The largest absolute Gasteiger partial charge is 0.418 e. The van der Waals surface area contributed by atoms with E-state index in [1.54, 1.807) is 13.8 Å². The molecule has 0 fully saturated rings. The Morgan fingerprint density at radius 1 is 1.40 bits per heavy atom. The van der Waals surface area contributed by atoms with Crippen molar-refractivity contribution < 1.29 is 22.7 Å². The molecule has 20 heavy (non-hydrogen) atoms. The van der Waals surface area contributed by atoms with Gasteiger partial charge in [0.2, 0.25) is 5.91 Å². The minimum absolute atomic E-state index is 0.00618. The van der Waals surface area contributed by atoms with Gasteiger partial charge in [-0.3, -0.25) is 4.79 Å². The fourth-order valence-corrected chi connectivity index (χ4v) is 1.49. The predicted octanol–water partition coefficient (Wildman–Crippen LogP) is 2.53. The summed E-state index contributed by atoms with van der Waals surface area (Å²) in [6, 6.07) is 3.56. The van der Waals surface area contributed by atoms with Gasteiger partial charge < -0.3 is 15.8 Å². The van der Waals surface area contributed by atoms with E-state index in [1.165, 1.54) is 12.1 Å². The van der Waals surface area contributed by atoms with Crippen molar-refractivity contribution in [2.24, 2.45) is 5.73 Å². The summed E-state index contributed by atoms with van der Waals surface area (Å²) in [4.78, 5) is 11.5. The Kier molecular flexibility index (Phi) is 5.52. The summed E-state index contributed by atoms with van der Waals surface area (Å²) in [6.07, 6.45) is -4.74. The van der Waals surface area contributed by atoms with Gasteiger partial charge in [-0.05, 0) is 31.5 Å². The van der Waals surface area contributed by atoms with Crippen molar-refractivity contribution in [2.75, 3.05) is 11.9 Å². The zero-order chi connectivity index (χ0) is 15.3. The van der Waals surface area contributed by atoms with Gasteiger partial charge in [-0.1, -0.05) is 6.07 Å². The maximum Gasteiger partial charge on any atom is 0.418 e. The first kappa shape index (κ1) is 16.5. The van der Waals surface area contributed by atoms with Crippen molar-refractivity contribution in [1.82, 2.24) is 0 Å². The SMILES string of the molecule is CC(C)OCC(=O)Nc1ccc(CN)cc1C(F)(F)F. The van der Waals surface area contributed by atoms with Crippen LogP contribution < -0.4 is 11.1 Å². The van der Waals surface area contributed by atoms with Gasteiger partial charge >= 0.3 is 6.18 Å². The highest BCUT2D eigenvalue weighted by Crippen LogP contribution is 2.35. The molecule has 1 aromatic carbocycles. The van der Waals surface area contributed by atoms with Gasteiger partial charge in [0.25, 0.3) is 0 Å². The molecule has 0 aliphatic carbocycles. The molecule has 0 heterocycles. The molecule has 1 amide bonds. The van der Waals surface area contributed by atoms with E-state index >= 15 is 0 Å². The topological polar surface area (TPSA) is 64.3 Å². The quantitative estimate of drug-likeness (QED) is 0.876. The lowest BCUT2D eigenvalue weighted by molar-refractivity contribution is -0.137. The van der Waals surface area contributed by atoms with Gasteiger partial charge in [0.15, 0.2) is 0 Å². The molecule has 0 unspecified atom stereocenters. The number of halogens is 3. The number of nitrogens with one attached hydrogen (secondary N) is 1. The first-order chi connectivity index (χ1) is 9.24. The van der Waals surface area contributed by atoms with Gasteiger partial charge in [-0.25, -0.2) is 0 Å². The van der Waals surface area contributed by atoms with Gasteiger partial charge in [0, 0.05) is 6.54 Å². The summed E-state index contributed by atoms with van der Waals surface area (Å²) in [6.45, 7) is 3.15. The first-order valence-electron chi connectivity index (χ1n) is 6.05. The number of hydrogen-bond acceptors (Lipinski definition) is 3. The molecule has 0 aromatic heterocycles. The fraction of sp³-hybridized carbons (Fsp3) is 0.462. The molecule has 7 heteroatoms. The van der Waals surface area contributed by atoms with Crippen LogP contribution in [-0.2, 0) is 22.3 Å². The van der Waals surface area contributed by atoms with Crippen molar-refractivity contribution in [3.05, 3.63) is 29.3 Å². The Bertz CT molecular complexity index is 473. The Morgan fingerprint density at radius 2 is 2.05 bits per heavy atom. The zero-order valence-corrected chi connectivity index (χ0v) is 11.3. The summed E-state index contributed by atoms with van der Waals surface area (Å²) in [5.41, 5.74) is 4.44. The molecule has 0 saturated heterocycles. The van der Waals surface area contributed by atoms with E-state index in [0.29, 0.717) is 5.56 Å². The van der Waals surface area contributed by atoms with Crippen molar-refractivity contribution in [3.8, 4) is 0 Å². The Balaban J connectivity index is 2.91. The van der Waals surface area contributed by atoms with Gasteiger partial charge in [0.05, 0.1) is 17.4 Å². The summed E-state index contributed by atoms with van der Waals surface area (Å²) in [5.74, 6) is -0.635. The molecule has 0 spiro atoms. The van der Waals surface area contributed by atoms with E-state index in [-0.39, 0.29) is 24.9 Å². The number of carbonyl (C=O) groups is 1. The van der Waals surface area contributed by atoms with Crippen molar-refractivity contribution in [3.63, 3.8) is 0 Å². The third-order valence-corrected chi connectivity index (χ3v) is 2.45. The molecule has 1 rings (SSSR count). The van der Waals surface area contributed by atoms with Gasteiger partial charge in [-0.15, -0.1) is 0 Å². The predicted molar refractivity (Wildman–Crippen MR) is 69.1 cm³/mol. The molecule has 4 nitrogen and oxygen atoms in total. The fourth-order valence-electron chi connectivity index (χ4n) is 1.49. The Hall–Kier alpha value is -1.60. The number of hydrogen-bond donors (Lipinski definition) is 2. The zero-order valence-electron chi connectivity index (χ0n) is 11.3. The summed E-state index contributed by atoms with van der Waals surface area (Å²) >= 11 is 0. The molecule has 1 aromatic rings. The van der Waals surface area contributed by atoms with Crippen LogP contribution in [0.4, 0.5) is 18.9 Å². The molecule has 3 N–H and O–H groups in total. The first-order valence-corrected chi connectivity index (χ1v) is 6.05. The van der Waals surface area contributed by atoms with Crippen LogP contribution in [0.1, 0.15) is 25.0 Å². The van der Waals surface area contributed by atoms with Crippen molar-refractivity contribution >= 4 is 11.6 Å². The molecule has 112 valence electrons. The van der Waals surface area contributed by atoms with E-state index in [1.807, 2.05) is 0 Å². The van der Waals surface area contributed by atoms with Crippen LogP contribution in [0, 0.1) is 0 Å². The second-order valence-electron chi connectivity index (χ2n) is 4.49. The average Bonchev–Trinajstić information content (AvgIpc) is 2.35. The van der Waals surface area contributed by atoms with E-state index < -0.39 is 17.6 Å². The molecule has 0 bridgehead atoms. The number of ether oxygens (including phenoxy) is 1. The normalized spacial score (nSPS) is 11.8. The van der Waals surface area contributed by atoms with Crippen LogP contribution in [0.5, 0.6) is 0 Å². The second-order valence-corrected chi connectivity index (χ2v) is 4.49. The van der Waals surface area contributed by atoms with E-state index in [9.17, 15) is 18.0 Å². The van der Waals surface area contributed by atoms with Gasteiger partial charge in [0.1, 0.15) is 6.61 Å². The standard InChI is InChI=1S/C13H17F3N2O2/c1-8(2)20-7-12(19)18-11-4-3-9(6-17)5-10(11)13(14,15)16/h3-5,8H,6-7,17H2,1-2H3,(H,18,19). The number of anilines is 1. The van der Waals surface area contributed by atoms with Crippen LogP contribution in [0.3, 0.4) is 0 Å². The van der Waals surface area contributed by atoms with E-state index in [4.69, 9.17) is 10.5 Å². The Labute approximate surface area is 115 Å². The lowest BCUT2D eigenvalue weighted by atomic mass is 10.1. The smallest absolute Gasteiger partial charge is 0.369 e. The maximum atomic E-state index is 12.9. The minimum atomic E-state index is -4.56. The third-order valence-electron chi connectivity index (χ3n) is 2.45. The Morgan fingerprint density at radius 3 is 2.55 bits per heavy atom. The van der Waals surface area contributed by atoms with Crippen molar-refractivity contribution in [2.45, 2.75) is 32.7 Å². The highest BCUT2D eigenvalue weighted by molar-refractivity contribution is 5.92. The molecule has 0 aliphatic rings. The van der Waals surface area contributed by atoms with Gasteiger partial charge in [-0.2, -0.15) is 13.2 Å². The monoisotopic (exact) mass is 290 g/mol. The molecule has 0 atom stereocenters. The number of rotatable bonds is 5. The molecule has 0 radical (unpaired) electrons. The highest BCUT2D eigenvalue weighted by atomic mass is 19.4. The maximum absolute atomic E-state index is 12.9. The van der Waals surface area contributed by atoms with Crippen LogP contribution in [0.15, 0.2) is 18.2 Å². The molecule has 0 saturated carbocycles.